The molecule has 0 aromatic rings. The highest BCUT2D eigenvalue weighted by Crippen LogP contribution is 2.25. The van der Waals surface area contributed by atoms with Crippen LogP contribution in [0.1, 0.15) is 34.1 Å². The highest BCUT2D eigenvalue weighted by Gasteiger charge is 2.39. The lowest BCUT2D eigenvalue weighted by molar-refractivity contribution is 0.374. The summed E-state index contributed by atoms with van der Waals surface area (Å²) in [4.78, 5) is 6.98. The van der Waals surface area contributed by atoms with Crippen LogP contribution in [0.15, 0.2) is 4.99 Å². The Hall–Kier alpha value is -0.159. The molecule has 0 radical (unpaired) electrons. The van der Waals surface area contributed by atoms with Crippen molar-refractivity contribution in [2.45, 2.75) is 98.1 Å². The van der Waals surface area contributed by atoms with Crippen LogP contribution in [-0.2, 0) is 8.23 Å². The lowest BCUT2D eigenvalue weighted by Crippen LogP contribution is -2.52. The maximum atomic E-state index is 6.60. The molecule has 0 rings (SSSR count). The quantitative estimate of drug-likeness (QED) is 0.312. The van der Waals surface area contributed by atoms with E-state index in [1.54, 1.807) is 0 Å². The van der Waals surface area contributed by atoms with Crippen molar-refractivity contribution < 1.29 is 8.23 Å². The van der Waals surface area contributed by atoms with Crippen molar-refractivity contribution in [3.8, 4) is 0 Å². The third-order valence-electron chi connectivity index (χ3n) is 3.33. The first-order chi connectivity index (χ1) is 11.5. The van der Waals surface area contributed by atoms with Crippen LogP contribution < -0.4 is 5.32 Å². The number of rotatable bonds is 10. The first-order valence-corrected chi connectivity index (χ1v) is 19.3. The van der Waals surface area contributed by atoms with Crippen LogP contribution in [0.4, 0.5) is 0 Å². The molecule has 0 heterocycles. The van der Waals surface area contributed by atoms with Crippen molar-refractivity contribution in [3.63, 3.8) is 0 Å². The van der Waals surface area contributed by atoms with Crippen LogP contribution in [0, 0.1) is 0 Å². The van der Waals surface area contributed by atoms with Crippen molar-refractivity contribution >= 4 is 31.2 Å². The Morgan fingerprint density at radius 2 is 1.38 bits per heavy atom. The molecule has 0 unspecified atom stereocenters. The highest BCUT2D eigenvalue weighted by molar-refractivity contribution is 6.87. The van der Waals surface area contributed by atoms with E-state index < -0.39 is 25.2 Å². The average molecular weight is 420 g/mol. The summed E-state index contributed by atoms with van der Waals surface area (Å²) in [6, 6.07) is 1.69. The van der Waals surface area contributed by atoms with E-state index in [0.29, 0.717) is 6.04 Å². The van der Waals surface area contributed by atoms with Gasteiger partial charge in [0.05, 0.1) is 0 Å². The zero-order valence-corrected chi connectivity index (χ0v) is 22.5. The molecule has 0 amide bonds. The summed E-state index contributed by atoms with van der Waals surface area (Å²) < 4.78 is 13.2. The fourth-order valence-electron chi connectivity index (χ4n) is 2.91. The van der Waals surface area contributed by atoms with Crippen molar-refractivity contribution in [1.29, 1.82) is 0 Å². The first-order valence-electron chi connectivity index (χ1n) is 9.99. The second-order valence-corrected chi connectivity index (χ2v) is 22.8. The number of nitrogens with zero attached hydrogens (tertiary/aromatic N) is 2. The molecule has 0 aliphatic carbocycles. The number of guanidine groups is 1. The molecular formula is C18H45N3O2Si3. The van der Waals surface area contributed by atoms with E-state index in [1.165, 1.54) is 0 Å². The predicted molar refractivity (Wildman–Crippen MR) is 123 cm³/mol. The Morgan fingerprint density at radius 1 is 0.923 bits per heavy atom. The molecule has 0 aliphatic heterocycles. The highest BCUT2D eigenvalue weighted by atomic mass is 28.5. The maximum Gasteiger partial charge on any atom is 0.314 e. The molecule has 5 nitrogen and oxygen atoms in total. The average Bonchev–Trinajstić information content (AvgIpc) is 2.31. The first kappa shape index (κ1) is 25.8. The van der Waals surface area contributed by atoms with Gasteiger partial charge in [-0.3, -0.25) is 4.99 Å². The number of hydrogen-bond donors (Lipinski definition) is 1. The van der Waals surface area contributed by atoms with Gasteiger partial charge in [-0.25, -0.2) is 0 Å². The summed E-state index contributed by atoms with van der Waals surface area (Å²) in [5.74, 6) is 0.982. The Balaban J connectivity index is 4.96. The molecule has 0 aromatic carbocycles. The van der Waals surface area contributed by atoms with E-state index >= 15 is 0 Å². The minimum Gasteiger partial charge on any atom is -0.437 e. The molecule has 156 valence electrons. The van der Waals surface area contributed by atoms with Gasteiger partial charge in [0, 0.05) is 25.7 Å². The molecule has 0 saturated heterocycles. The molecule has 8 heteroatoms. The third-order valence-corrected chi connectivity index (χ3v) is 12.9. The van der Waals surface area contributed by atoms with E-state index in [-0.39, 0.29) is 6.04 Å². The third kappa shape index (κ3) is 13.1. The molecule has 0 atom stereocenters. The van der Waals surface area contributed by atoms with E-state index in [2.05, 4.69) is 90.8 Å². The molecule has 0 spiro atoms. The van der Waals surface area contributed by atoms with Crippen LogP contribution in [0.5, 0.6) is 0 Å². The summed E-state index contributed by atoms with van der Waals surface area (Å²) in [6.07, 6.45) is 1.06. The fourth-order valence-corrected chi connectivity index (χ4v) is 15.4. The largest absolute Gasteiger partial charge is 0.437 e. The van der Waals surface area contributed by atoms with Gasteiger partial charge in [0.15, 0.2) is 22.6 Å². The topological polar surface area (TPSA) is 46.1 Å². The predicted octanol–water partition coefficient (Wildman–Crippen LogP) is 4.85. The van der Waals surface area contributed by atoms with Gasteiger partial charge in [-0.1, -0.05) is 0 Å². The Kier molecular flexibility index (Phi) is 10.3. The number of aliphatic imine (C=N–C) groups is 1. The van der Waals surface area contributed by atoms with Crippen LogP contribution in [0.2, 0.25) is 51.9 Å². The smallest absolute Gasteiger partial charge is 0.314 e. The van der Waals surface area contributed by atoms with Gasteiger partial charge in [0.2, 0.25) is 0 Å². The zero-order valence-electron chi connectivity index (χ0n) is 19.5. The zero-order chi connectivity index (χ0) is 20.8. The second-order valence-electron chi connectivity index (χ2n) is 9.93. The Morgan fingerprint density at radius 3 is 1.73 bits per heavy atom. The van der Waals surface area contributed by atoms with Gasteiger partial charge in [0.25, 0.3) is 0 Å². The van der Waals surface area contributed by atoms with Crippen LogP contribution in [0.3, 0.4) is 0 Å². The lowest BCUT2D eigenvalue weighted by Gasteiger charge is -2.39. The van der Waals surface area contributed by atoms with Crippen LogP contribution in [-0.4, -0.2) is 61.7 Å². The van der Waals surface area contributed by atoms with E-state index in [0.717, 1.165) is 25.0 Å². The standard InChI is InChI=1S/C18H45N3O2Si3/c1-16(2)19-18(20-17(3)4)21(5)14-13-15-26(12,22-24(6,7)8)23-25(9,10)11/h16-17H,13-15H2,1-12H3,(H,19,20). The molecule has 1 N–H and O–H groups in total. The normalized spacial score (nSPS) is 14.3. The van der Waals surface area contributed by atoms with Crippen molar-refractivity contribution in [2.24, 2.45) is 4.99 Å². The molecule has 0 aliphatic rings. The Bertz CT molecular complexity index is 428. The molecule has 0 aromatic heterocycles. The second kappa shape index (κ2) is 10.4. The van der Waals surface area contributed by atoms with Gasteiger partial charge in [-0.15, -0.1) is 0 Å². The van der Waals surface area contributed by atoms with Gasteiger partial charge in [-0.05, 0) is 86.0 Å². The molecule has 0 fully saturated rings. The van der Waals surface area contributed by atoms with Gasteiger partial charge < -0.3 is 18.4 Å². The van der Waals surface area contributed by atoms with Crippen molar-refractivity contribution in [3.05, 3.63) is 0 Å². The summed E-state index contributed by atoms with van der Waals surface area (Å²) in [6.45, 7) is 25.3. The minimum absolute atomic E-state index is 0.281. The molecule has 26 heavy (non-hydrogen) atoms. The number of hydrogen-bond acceptors (Lipinski definition) is 3. The van der Waals surface area contributed by atoms with Crippen molar-refractivity contribution in [1.82, 2.24) is 10.2 Å². The minimum atomic E-state index is -2.15. The van der Waals surface area contributed by atoms with Gasteiger partial charge in [-0.2, -0.15) is 0 Å². The summed E-state index contributed by atoms with van der Waals surface area (Å²) in [7, 11) is -3.28. The van der Waals surface area contributed by atoms with E-state index in [9.17, 15) is 0 Å². The fraction of sp³-hybridized carbons (Fsp3) is 0.944. The number of nitrogens with one attached hydrogen (secondary N) is 1. The monoisotopic (exact) mass is 419 g/mol. The Labute approximate surface area is 166 Å². The van der Waals surface area contributed by atoms with Crippen LogP contribution in [0.25, 0.3) is 0 Å². The molecular weight excluding hydrogens is 374 g/mol. The van der Waals surface area contributed by atoms with Crippen LogP contribution >= 0.6 is 0 Å². The molecule has 0 saturated carbocycles. The lowest BCUT2D eigenvalue weighted by atomic mass is 10.4. The summed E-state index contributed by atoms with van der Waals surface area (Å²) in [5.41, 5.74) is 0. The maximum absolute atomic E-state index is 6.60. The summed E-state index contributed by atoms with van der Waals surface area (Å²) in [5, 5.41) is 3.47. The SMILES string of the molecule is CC(C)N=C(NC(C)C)N(C)CCC[Si](C)(O[Si](C)(C)C)O[Si](C)(C)C. The van der Waals surface area contributed by atoms with E-state index in [4.69, 9.17) is 13.2 Å². The molecule has 0 bridgehead atoms. The van der Waals surface area contributed by atoms with Gasteiger partial charge >= 0.3 is 8.56 Å². The van der Waals surface area contributed by atoms with E-state index in [1.807, 2.05) is 0 Å². The summed E-state index contributed by atoms with van der Waals surface area (Å²) >= 11 is 0. The van der Waals surface area contributed by atoms with Crippen molar-refractivity contribution in [2.75, 3.05) is 13.6 Å². The van der Waals surface area contributed by atoms with Gasteiger partial charge in [0.1, 0.15) is 0 Å².